The van der Waals surface area contributed by atoms with Crippen LogP contribution in [0.3, 0.4) is 0 Å². The van der Waals surface area contributed by atoms with Gasteiger partial charge >= 0.3 is 0 Å². The van der Waals surface area contributed by atoms with E-state index >= 15 is 0 Å². The number of nitrogens with zero attached hydrogens (tertiary/aromatic N) is 3. The van der Waals surface area contributed by atoms with Crippen LogP contribution in [0.5, 0.6) is 0 Å². The average Bonchev–Trinajstić information content (AvgIpc) is 3.19. The number of benzene rings is 1. The highest BCUT2D eigenvalue weighted by molar-refractivity contribution is 5.79. The number of hydrogen-bond donors (Lipinski definition) is 1. The Kier molecular flexibility index (Phi) is 4.88. The van der Waals surface area contributed by atoms with E-state index in [0.29, 0.717) is 5.92 Å². The lowest BCUT2D eigenvalue weighted by molar-refractivity contribution is -0.124. The highest BCUT2D eigenvalue weighted by atomic mass is 16.2. The zero-order valence-corrected chi connectivity index (χ0v) is 14.7. The van der Waals surface area contributed by atoms with Crippen LogP contribution < -0.4 is 10.2 Å². The summed E-state index contributed by atoms with van der Waals surface area (Å²) >= 11 is 0. The van der Waals surface area contributed by atoms with Crippen molar-refractivity contribution >= 4 is 11.6 Å². The maximum atomic E-state index is 12.4. The summed E-state index contributed by atoms with van der Waals surface area (Å²) in [6, 6.07) is 12.2. The normalized spacial score (nSPS) is 18.6. The molecule has 0 unspecified atom stereocenters. The van der Waals surface area contributed by atoms with Crippen molar-refractivity contribution in [1.82, 2.24) is 15.1 Å². The van der Waals surface area contributed by atoms with Gasteiger partial charge in [0.2, 0.25) is 5.91 Å². The molecule has 1 N–H and O–H groups in total. The first-order valence-electron chi connectivity index (χ1n) is 8.65. The van der Waals surface area contributed by atoms with Crippen LogP contribution in [0.1, 0.15) is 30.8 Å². The number of rotatable bonds is 5. The van der Waals surface area contributed by atoms with Gasteiger partial charge in [-0.15, -0.1) is 0 Å². The second kappa shape index (κ2) is 7.07. The molecule has 0 saturated carbocycles. The zero-order chi connectivity index (χ0) is 17.1. The molecule has 1 amide bonds. The lowest BCUT2D eigenvalue weighted by atomic mass is 10.1. The van der Waals surface area contributed by atoms with Crippen molar-refractivity contribution in [1.29, 1.82) is 0 Å². The number of anilines is 1. The standard InChI is InChI=1S/C19H26N4O/c1-14-11-15(2)23(21-14)16(3)19(24)20-12-17-9-10-22(13-17)18-7-5-4-6-8-18/h4-8,11,16-17H,9-10,12-13H2,1-3H3,(H,20,24)/t16-,17+/m0/s1. The first-order valence-corrected chi connectivity index (χ1v) is 8.65. The van der Waals surface area contributed by atoms with Crippen LogP contribution in [-0.2, 0) is 4.79 Å². The molecule has 0 aliphatic carbocycles. The second-order valence-electron chi connectivity index (χ2n) is 6.73. The van der Waals surface area contributed by atoms with Gasteiger partial charge in [0, 0.05) is 31.0 Å². The Morgan fingerprint density at radius 2 is 2.08 bits per heavy atom. The SMILES string of the molecule is Cc1cc(C)n([C@@H](C)C(=O)NC[C@H]2CCN(c3ccccc3)C2)n1. The first kappa shape index (κ1) is 16.6. The number of aromatic nitrogens is 2. The van der Waals surface area contributed by atoms with E-state index in [0.717, 1.165) is 37.4 Å². The van der Waals surface area contributed by atoms with E-state index in [1.165, 1.54) is 5.69 Å². The molecule has 0 radical (unpaired) electrons. The Bertz CT molecular complexity index is 695. The average molecular weight is 326 g/mol. The summed E-state index contributed by atoms with van der Waals surface area (Å²) in [5.74, 6) is 0.543. The summed E-state index contributed by atoms with van der Waals surface area (Å²) < 4.78 is 1.80. The fraction of sp³-hybridized carbons (Fsp3) is 0.474. The number of carbonyl (C=O) groups excluding carboxylic acids is 1. The summed E-state index contributed by atoms with van der Waals surface area (Å²) in [6.07, 6.45) is 1.11. The quantitative estimate of drug-likeness (QED) is 0.919. The number of hydrogen-bond acceptors (Lipinski definition) is 3. The molecular weight excluding hydrogens is 300 g/mol. The third-order valence-corrected chi connectivity index (χ3v) is 4.76. The van der Waals surface area contributed by atoms with Gasteiger partial charge in [-0.3, -0.25) is 9.48 Å². The third kappa shape index (κ3) is 3.61. The first-order chi connectivity index (χ1) is 11.5. The maximum Gasteiger partial charge on any atom is 0.244 e. The Morgan fingerprint density at radius 3 is 2.75 bits per heavy atom. The molecule has 128 valence electrons. The summed E-state index contributed by atoms with van der Waals surface area (Å²) in [7, 11) is 0. The van der Waals surface area contributed by atoms with E-state index in [-0.39, 0.29) is 11.9 Å². The van der Waals surface area contributed by atoms with Gasteiger partial charge in [-0.25, -0.2) is 0 Å². The molecule has 1 fully saturated rings. The monoisotopic (exact) mass is 326 g/mol. The molecule has 1 aromatic carbocycles. The van der Waals surface area contributed by atoms with E-state index in [9.17, 15) is 4.79 Å². The predicted octanol–water partition coefficient (Wildman–Crippen LogP) is 2.70. The van der Waals surface area contributed by atoms with E-state index < -0.39 is 0 Å². The van der Waals surface area contributed by atoms with Crippen LogP contribution in [0.4, 0.5) is 5.69 Å². The van der Waals surface area contributed by atoms with Crippen LogP contribution >= 0.6 is 0 Å². The molecule has 1 saturated heterocycles. The number of carbonyl (C=O) groups is 1. The molecule has 2 aromatic rings. The van der Waals surface area contributed by atoms with Crippen LogP contribution in [0.2, 0.25) is 0 Å². The fourth-order valence-corrected chi connectivity index (χ4v) is 3.41. The van der Waals surface area contributed by atoms with Gasteiger partial charge in [0.05, 0.1) is 5.69 Å². The van der Waals surface area contributed by atoms with Gasteiger partial charge in [-0.1, -0.05) is 18.2 Å². The van der Waals surface area contributed by atoms with Crippen molar-refractivity contribution < 1.29 is 4.79 Å². The zero-order valence-electron chi connectivity index (χ0n) is 14.7. The van der Waals surface area contributed by atoms with E-state index in [4.69, 9.17) is 0 Å². The van der Waals surface area contributed by atoms with Crippen molar-refractivity contribution in [3.63, 3.8) is 0 Å². The maximum absolute atomic E-state index is 12.4. The predicted molar refractivity (Wildman–Crippen MR) is 96.2 cm³/mol. The Balaban J connectivity index is 1.51. The number of amides is 1. The van der Waals surface area contributed by atoms with Gasteiger partial charge < -0.3 is 10.2 Å². The molecule has 3 rings (SSSR count). The Morgan fingerprint density at radius 1 is 1.33 bits per heavy atom. The van der Waals surface area contributed by atoms with Crippen molar-refractivity contribution in [2.75, 3.05) is 24.5 Å². The Labute approximate surface area is 143 Å². The van der Waals surface area contributed by atoms with Gasteiger partial charge in [0.15, 0.2) is 0 Å². The fourth-order valence-electron chi connectivity index (χ4n) is 3.41. The van der Waals surface area contributed by atoms with E-state index in [1.54, 1.807) is 4.68 Å². The van der Waals surface area contributed by atoms with Crippen LogP contribution in [0, 0.1) is 19.8 Å². The molecular formula is C19H26N4O. The minimum atomic E-state index is -0.273. The van der Waals surface area contributed by atoms with E-state index in [1.807, 2.05) is 32.9 Å². The van der Waals surface area contributed by atoms with Crippen LogP contribution in [0.15, 0.2) is 36.4 Å². The molecule has 5 nitrogen and oxygen atoms in total. The molecule has 24 heavy (non-hydrogen) atoms. The van der Waals surface area contributed by atoms with Crippen molar-refractivity contribution in [3.8, 4) is 0 Å². The lowest BCUT2D eigenvalue weighted by Gasteiger charge is -2.19. The second-order valence-corrected chi connectivity index (χ2v) is 6.73. The highest BCUT2D eigenvalue weighted by Crippen LogP contribution is 2.23. The van der Waals surface area contributed by atoms with Crippen molar-refractivity contribution in [3.05, 3.63) is 47.8 Å². The van der Waals surface area contributed by atoms with Gasteiger partial charge in [-0.05, 0) is 51.3 Å². The third-order valence-electron chi connectivity index (χ3n) is 4.76. The number of nitrogens with one attached hydrogen (secondary N) is 1. The molecule has 1 aromatic heterocycles. The molecule has 1 aliphatic heterocycles. The topological polar surface area (TPSA) is 50.2 Å². The molecule has 1 aliphatic rings. The Hall–Kier alpha value is -2.30. The highest BCUT2D eigenvalue weighted by Gasteiger charge is 2.24. The molecule has 5 heteroatoms. The van der Waals surface area contributed by atoms with Crippen LogP contribution in [-0.4, -0.2) is 35.3 Å². The van der Waals surface area contributed by atoms with E-state index in [2.05, 4.69) is 39.6 Å². The summed E-state index contributed by atoms with van der Waals surface area (Å²) in [6.45, 7) is 8.62. The van der Waals surface area contributed by atoms with Gasteiger partial charge in [-0.2, -0.15) is 5.10 Å². The van der Waals surface area contributed by atoms with Gasteiger partial charge in [0.25, 0.3) is 0 Å². The number of aryl methyl sites for hydroxylation is 2. The minimum Gasteiger partial charge on any atom is -0.371 e. The van der Waals surface area contributed by atoms with Crippen molar-refractivity contribution in [2.45, 2.75) is 33.2 Å². The summed E-state index contributed by atoms with van der Waals surface area (Å²) in [4.78, 5) is 14.8. The molecule has 0 spiro atoms. The van der Waals surface area contributed by atoms with Crippen molar-refractivity contribution in [2.24, 2.45) is 5.92 Å². The van der Waals surface area contributed by atoms with Crippen LogP contribution in [0.25, 0.3) is 0 Å². The van der Waals surface area contributed by atoms with Gasteiger partial charge in [0.1, 0.15) is 6.04 Å². The molecule has 0 bridgehead atoms. The largest absolute Gasteiger partial charge is 0.371 e. The smallest absolute Gasteiger partial charge is 0.244 e. The summed E-state index contributed by atoms with van der Waals surface area (Å²) in [5.41, 5.74) is 3.23. The minimum absolute atomic E-state index is 0.0411. The lowest BCUT2D eigenvalue weighted by Crippen LogP contribution is -2.36. The molecule has 2 heterocycles. The summed E-state index contributed by atoms with van der Waals surface area (Å²) in [5, 5.41) is 7.52. The molecule has 2 atom stereocenters. The number of para-hydroxylation sites is 1.